The minimum atomic E-state index is -1.09. The van der Waals surface area contributed by atoms with Crippen LogP contribution in [0.15, 0.2) is 12.2 Å². The van der Waals surface area contributed by atoms with Gasteiger partial charge in [-0.3, -0.25) is 0 Å². The summed E-state index contributed by atoms with van der Waals surface area (Å²) in [6.07, 6.45) is 22.2. The van der Waals surface area contributed by atoms with Crippen LogP contribution in [0, 0.1) is 0 Å². The number of ether oxygens (including phenoxy) is 2. The molecule has 0 unspecified atom stereocenters. The Labute approximate surface area is 191 Å². The van der Waals surface area contributed by atoms with E-state index in [2.05, 4.69) is 19.1 Å². The molecule has 0 bridgehead atoms. The van der Waals surface area contributed by atoms with Gasteiger partial charge in [-0.25, -0.2) is 0 Å². The second-order valence-corrected chi connectivity index (χ2v) is 9.09. The van der Waals surface area contributed by atoms with Crippen LogP contribution in [-0.4, -0.2) is 59.6 Å². The molecule has 1 aliphatic rings. The number of unbranched alkanes of at least 4 members (excludes halogenated alkanes) is 14. The van der Waals surface area contributed by atoms with Crippen molar-refractivity contribution in [1.82, 2.24) is 0 Å². The van der Waals surface area contributed by atoms with E-state index in [4.69, 9.17) is 14.6 Å². The van der Waals surface area contributed by atoms with E-state index in [-0.39, 0.29) is 13.2 Å². The first kappa shape index (κ1) is 28.6. The molecular weight excluding hydrogens is 392 g/mol. The minimum absolute atomic E-state index is 0.217. The van der Waals surface area contributed by atoms with Crippen LogP contribution in [0.25, 0.3) is 0 Å². The third-order valence-electron chi connectivity index (χ3n) is 6.25. The molecule has 1 fully saturated rings. The maximum atomic E-state index is 10.0. The fourth-order valence-electron chi connectivity index (χ4n) is 4.10. The van der Waals surface area contributed by atoms with Gasteiger partial charge < -0.3 is 24.8 Å². The molecule has 0 radical (unpaired) electrons. The van der Waals surface area contributed by atoms with Gasteiger partial charge in [0.25, 0.3) is 0 Å². The Morgan fingerprint density at radius 1 is 0.742 bits per heavy atom. The van der Waals surface area contributed by atoms with E-state index in [9.17, 15) is 10.2 Å². The number of rotatable bonds is 20. The number of allylic oxidation sites excluding steroid dienone is 2. The average molecular weight is 443 g/mol. The summed E-state index contributed by atoms with van der Waals surface area (Å²) in [5, 5.41) is 28.9. The van der Waals surface area contributed by atoms with Gasteiger partial charge in [0.15, 0.2) is 0 Å². The van der Waals surface area contributed by atoms with Gasteiger partial charge in [0.05, 0.1) is 13.2 Å². The molecule has 0 aromatic rings. The molecular formula is C26H50O5. The van der Waals surface area contributed by atoms with Crippen LogP contribution in [0.5, 0.6) is 0 Å². The van der Waals surface area contributed by atoms with Crippen molar-refractivity contribution in [3.8, 4) is 0 Å². The van der Waals surface area contributed by atoms with Gasteiger partial charge in [0, 0.05) is 6.61 Å². The van der Waals surface area contributed by atoms with Crippen LogP contribution in [-0.2, 0) is 9.47 Å². The third-order valence-corrected chi connectivity index (χ3v) is 6.25. The Morgan fingerprint density at radius 3 is 1.81 bits per heavy atom. The molecule has 0 aromatic carbocycles. The van der Waals surface area contributed by atoms with Crippen LogP contribution in [0.2, 0.25) is 0 Å². The lowest BCUT2D eigenvalue weighted by Crippen LogP contribution is -2.55. The van der Waals surface area contributed by atoms with Crippen molar-refractivity contribution in [3.63, 3.8) is 0 Å². The molecule has 5 heteroatoms. The predicted octanol–water partition coefficient (Wildman–Crippen LogP) is 5.30. The van der Waals surface area contributed by atoms with Crippen LogP contribution in [0.1, 0.15) is 110 Å². The molecule has 1 aliphatic heterocycles. The lowest BCUT2D eigenvalue weighted by atomic mass is 10.0. The summed E-state index contributed by atoms with van der Waals surface area (Å²) >= 11 is 0. The molecule has 1 heterocycles. The monoisotopic (exact) mass is 442 g/mol. The van der Waals surface area contributed by atoms with E-state index in [1.165, 1.54) is 89.9 Å². The topological polar surface area (TPSA) is 79.2 Å². The Morgan fingerprint density at radius 2 is 1.26 bits per heavy atom. The minimum Gasteiger partial charge on any atom is -0.394 e. The quantitative estimate of drug-likeness (QED) is 0.176. The second-order valence-electron chi connectivity index (χ2n) is 9.09. The predicted molar refractivity (Wildman–Crippen MR) is 127 cm³/mol. The highest BCUT2D eigenvalue weighted by atomic mass is 16.6. The molecule has 31 heavy (non-hydrogen) atoms. The van der Waals surface area contributed by atoms with Gasteiger partial charge in [-0.15, -0.1) is 0 Å². The van der Waals surface area contributed by atoms with E-state index in [1.807, 2.05) is 0 Å². The van der Waals surface area contributed by atoms with E-state index < -0.39 is 24.4 Å². The summed E-state index contributed by atoms with van der Waals surface area (Å²) in [7, 11) is 0. The average Bonchev–Trinajstić information content (AvgIpc) is 2.78. The van der Waals surface area contributed by atoms with Crippen molar-refractivity contribution < 1.29 is 24.8 Å². The molecule has 1 rings (SSSR count). The first-order chi connectivity index (χ1) is 15.2. The summed E-state index contributed by atoms with van der Waals surface area (Å²) < 4.78 is 11.0. The largest absolute Gasteiger partial charge is 0.394 e. The highest BCUT2D eigenvalue weighted by Crippen LogP contribution is 2.18. The smallest absolute Gasteiger partial charge is 0.111 e. The molecule has 0 saturated carbocycles. The number of hydrogen-bond donors (Lipinski definition) is 3. The second kappa shape index (κ2) is 20.2. The molecule has 0 aromatic heterocycles. The summed E-state index contributed by atoms with van der Waals surface area (Å²) in [5.74, 6) is 0. The van der Waals surface area contributed by atoms with E-state index in [1.54, 1.807) is 0 Å². The van der Waals surface area contributed by atoms with Crippen molar-refractivity contribution >= 4 is 0 Å². The summed E-state index contributed by atoms with van der Waals surface area (Å²) in [6, 6.07) is 0. The van der Waals surface area contributed by atoms with Gasteiger partial charge >= 0.3 is 0 Å². The summed E-state index contributed by atoms with van der Waals surface area (Å²) in [4.78, 5) is 0. The fraction of sp³-hybridized carbons (Fsp3) is 0.923. The van der Waals surface area contributed by atoms with Gasteiger partial charge in [0.1, 0.15) is 24.4 Å². The Kier molecular flexibility index (Phi) is 18.6. The van der Waals surface area contributed by atoms with Crippen LogP contribution in [0.4, 0.5) is 0 Å². The van der Waals surface area contributed by atoms with Gasteiger partial charge in [-0.1, -0.05) is 89.7 Å². The summed E-state index contributed by atoms with van der Waals surface area (Å²) in [5.41, 5.74) is 0. The first-order valence-electron chi connectivity index (χ1n) is 13.1. The third kappa shape index (κ3) is 14.3. The molecule has 0 aliphatic carbocycles. The molecule has 0 spiro atoms. The van der Waals surface area contributed by atoms with Crippen molar-refractivity contribution in [1.29, 1.82) is 0 Å². The number of aliphatic hydroxyl groups excluding tert-OH is 3. The number of aliphatic hydroxyl groups is 3. The van der Waals surface area contributed by atoms with Crippen LogP contribution < -0.4 is 0 Å². The van der Waals surface area contributed by atoms with E-state index >= 15 is 0 Å². The normalized spacial score (nSPS) is 24.3. The van der Waals surface area contributed by atoms with Gasteiger partial charge in [-0.2, -0.15) is 0 Å². The molecule has 184 valence electrons. The fourth-order valence-corrected chi connectivity index (χ4v) is 4.10. The highest BCUT2D eigenvalue weighted by Gasteiger charge is 2.38. The van der Waals surface area contributed by atoms with Crippen molar-refractivity contribution in [2.24, 2.45) is 0 Å². The lowest BCUT2D eigenvalue weighted by molar-refractivity contribution is -0.208. The number of hydrogen-bond acceptors (Lipinski definition) is 5. The maximum absolute atomic E-state index is 10.0. The lowest BCUT2D eigenvalue weighted by Gasteiger charge is -2.36. The van der Waals surface area contributed by atoms with Crippen molar-refractivity contribution in [2.75, 3.05) is 19.8 Å². The van der Waals surface area contributed by atoms with Crippen molar-refractivity contribution in [3.05, 3.63) is 12.2 Å². The Hall–Kier alpha value is -0.460. The molecule has 4 atom stereocenters. The molecule has 0 amide bonds. The van der Waals surface area contributed by atoms with Crippen LogP contribution in [0.3, 0.4) is 0 Å². The zero-order valence-corrected chi connectivity index (χ0v) is 20.1. The van der Waals surface area contributed by atoms with E-state index in [0.29, 0.717) is 6.61 Å². The van der Waals surface area contributed by atoms with Gasteiger partial charge in [-0.05, 0) is 32.1 Å². The molecule has 5 nitrogen and oxygen atoms in total. The SMILES string of the molecule is CCCCCCCCCCC/C=C/CCCCCCCO[C@@H]1CO[C@@H](CO)[C@H](O)[C@H]1O. The first-order valence-corrected chi connectivity index (χ1v) is 13.1. The molecule has 3 N–H and O–H groups in total. The molecule has 1 saturated heterocycles. The van der Waals surface area contributed by atoms with E-state index in [0.717, 1.165) is 12.8 Å². The zero-order valence-electron chi connectivity index (χ0n) is 20.1. The maximum Gasteiger partial charge on any atom is 0.111 e. The zero-order chi connectivity index (χ0) is 22.6. The Bertz CT molecular complexity index is 415. The van der Waals surface area contributed by atoms with Gasteiger partial charge in [0.2, 0.25) is 0 Å². The van der Waals surface area contributed by atoms with Crippen molar-refractivity contribution in [2.45, 2.75) is 134 Å². The highest BCUT2D eigenvalue weighted by molar-refractivity contribution is 4.87. The standard InChI is InChI=1S/C26H50O5/c1-2-3-4-5-6-7-8-9-10-11-12-13-14-15-16-17-18-19-20-30-24-22-31-23(21-27)25(28)26(24)29/h12-13,23-29H,2-11,14-22H2,1H3/b13-12+/t23-,24+,25-,26-/m0/s1. The summed E-state index contributed by atoms with van der Waals surface area (Å²) in [6.45, 7) is 2.77. The Balaban J connectivity index is 1.81. The van der Waals surface area contributed by atoms with Crippen LogP contribution >= 0.6 is 0 Å².